The maximum Gasteiger partial charge on any atom is 0.115 e. The summed E-state index contributed by atoms with van der Waals surface area (Å²) in [4.78, 5) is 0. The van der Waals surface area contributed by atoms with Crippen molar-refractivity contribution in [3.63, 3.8) is 0 Å². The van der Waals surface area contributed by atoms with Gasteiger partial charge in [0.25, 0.3) is 0 Å². The maximum absolute atomic E-state index is 10.6. The van der Waals surface area contributed by atoms with E-state index in [-0.39, 0.29) is 11.7 Å². The predicted octanol–water partition coefficient (Wildman–Crippen LogP) is 4.18. The zero-order valence-corrected chi connectivity index (χ0v) is 11.6. The van der Waals surface area contributed by atoms with Crippen molar-refractivity contribution in [2.75, 3.05) is 0 Å². The Hall–Kier alpha value is -2.06. The van der Waals surface area contributed by atoms with E-state index in [0.717, 1.165) is 17.5 Å². The zero-order valence-electron chi connectivity index (χ0n) is 11.6. The van der Waals surface area contributed by atoms with E-state index in [1.807, 2.05) is 36.4 Å². The number of phenolic OH excluding ortho intramolecular Hbond substituents is 1. The summed E-state index contributed by atoms with van der Waals surface area (Å²) in [5.41, 5.74) is 1.88. The predicted molar refractivity (Wildman–Crippen MR) is 81.7 cm³/mol. The molecule has 2 atom stereocenters. The van der Waals surface area contributed by atoms with Gasteiger partial charge in [0, 0.05) is 5.92 Å². The molecular weight excluding hydrogens is 248 g/mol. The molecule has 0 aliphatic heterocycles. The second-order valence-corrected chi connectivity index (χ2v) is 4.81. The van der Waals surface area contributed by atoms with Gasteiger partial charge in [0.1, 0.15) is 5.75 Å². The third-order valence-electron chi connectivity index (χ3n) is 3.34. The molecular formula is C18H20O2. The molecule has 0 bridgehead atoms. The highest BCUT2D eigenvalue weighted by molar-refractivity contribution is 5.33. The minimum absolute atomic E-state index is 0.0827. The average Bonchev–Trinajstić information content (AvgIpc) is 2.49. The Labute approximate surface area is 120 Å². The van der Waals surface area contributed by atoms with E-state index in [1.165, 1.54) is 0 Å². The Morgan fingerprint density at radius 1 is 0.950 bits per heavy atom. The molecule has 2 aromatic rings. The fraction of sp³-hybridized carbons (Fsp3) is 0.222. The van der Waals surface area contributed by atoms with Gasteiger partial charge in [-0.05, 0) is 29.7 Å². The molecule has 2 N–H and O–H groups in total. The van der Waals surface area contributed by atoms with E-state index in [2.05, 4.69) is 13.0 Å². The molecule has 0 unspecified atom stereocenters. The van der Waals surface area contributed by atoms with Gasteiger partial charge in [-0.3, -0.25) is 0 Å². The van der Waals surface area contributed by atoms with Crippen LogP contribution in [-0.4, -0.2) is 10.2 Å². The number of aromatic hydroxyl groups is 1. The van der Waals surface area contributed by atoms with Crippen LogP contribution in [0.5, 0.6) is 5.75 Å². The first-order valence-corrected chi connectivity index (χ1v) is 6.91. The highest BCUT2D eigenvalue weighted by Crippen LogP contribution is 2.32. The van der Waals surface area contributed by atoms with Crippen molar-refractivity contribution in [3.05, 3.63) is 77.9 Å². The van der Waals surface area contributed by atoms with Gasteiger partial charge in [0.05, 0.1) is 6.10 Å². The summed E-state index contributed by atoms with van der Waals surface area (Å²) in [6, 6.07) is 16.7. The molecule has 0 aromatic heterocycles. The first-order valence-electron chi connectivity index (χ1n) is 6.91. The smallest absolute Gasteiger partial charge is 0.115 e. The number of benzene rings is 2. The van der Waals surface area contributed by atoms with E-state index in [1.54, 1.807) is 24.3 Å². The molecule has 0 aliphatic rings. The molecule has 0 radical (unpaired) electrons. The molecule has 0 saturated heterocycles. The lowest BCUT2D eigenvalue weighted by molar-refractivity contribution is 0.161. The van der Waals surface area contributed by atoms with Gasteiger partial charge in [-0.2, -0.15) is 0 Å². The molecule has 2 rings (SSSR count). The zero-order chi connectivity index (χ0) is 14.4. The van der Waals surface area contributed by atoms with E-state index < -0.39 is 6.10 Å². The molecule has 0 aliphatic carbocycles. The van der Waals surface area contributed by atoms with Crippen LogP contribution in [0.4, 0.5) is 0 Å². The molecule has 2 nitrogen and oxygen atoms in total. The SMILES string of the molecule is CC/C=C/[C@H](c1ccccc1)[C@H](O)c1ccc(O)cc1. The van der Waals surface area contributed by atoms with Crippen molar-refractivity contribution in [2.45, 2.75) is 25.4 Å². The normalized spacial score (nSPS) is 14.3. The van der Waals surface area contributed by atoms with Crippen molar-refractivity contribution in [1.82, 2.24) is 0 Å². The topological polar surface area (TPSA) is 40.5 Å². The first-order chi connectivity index (χ1) is 9.72. The standard InChI is InChI=1S/C18H20O2/c1-2-3-9-17(14-7-5-4-6-8-14)18(20)15-10-12-16(19)13-11-15/h3-13,17-20H,2H2,1H3/b9-3+/t17-,18-/m1/s1. The van der Waals surface area contributed by atoms with Crippen LogP contribution in [0.25, 0.3) is 0 Å². The summed E-state index contributed by atoms with van der Waals surface area (Å²) >= 11 is 0. The largest absolute Gasteiger partial charge is 0.508 e. The summed E-state index contributed by atoms with van der Waals surface area (Å²) in [5.74, 6) is 0.127. The molecule has 0 saturated carbocycles. The Morgan fingerprint density at radius 3 is 2.20 bits per heavy atom. The Balaban J connectivity index is 2.31. The molecule has 0 spiro atoms. The fourth-order valence-corrected chi connectivity index (χ4v) is 2.24. The van der Waals surface area contributed by atoms with Crippen LogP contribution in [0.15, 0.2) is 66.7 Å². The van der Waals surface area contributed by atoms with Gasteiger partial charge in [-0.25, -0.2) is 0 Å². The van der Waals surface area contributed by atoms with Crippen molar-refractivity contribution in [1.29, 1.82) is 0 Å². The first kappa shape index (κ1) is 14.4. The van der Waals surface area contributed by atoms with Crippen LogP contribution >= 0.6 is 0 Å². The van der Waals surface area contributed by atoms with Gasteiger partial charge < -0.3 is 10.2 Å². The number of hydrogen-bond donors (Lipinski definition) is 2. The van der Waals surface area contributed by atoms with Crippen molar-refractivity contribution in [2.24, 2.45) is 0 Å². The van der Waals surface area contributed by atoms with Crippen LogP contribution in [0.2, 0.25) is 0 Å². The third-order valence-corrected chi connectivity index (χ3v) is 3.34. The Kier molecular flexibility index (Phi) is 4.97. The van der Waals surface area contributed by atoms with Crippen LogP contribution in [0, 0.1) is 0 Å². The van der Waals surface area contributed by atoms with Crippen LogP contribution in [-0.2, 0) is 0 Å². The maximum atomic E-state index is 10.6. The minimum atomic E-state index is -0.624. The lowest BCUT2D eigenvalue weighted by Gasteiger charge is -2.21. The summed E-state index contributed by atoms with van der Waals surface area (Å²) in [7, 11) is 0. The number of rotatable bonds is 5. The average molecular weight is 268 g/mol. The lowest BCUT2D eigenvalue weighted by atomic mass is 9.88. The fourth-order valence-electron chi connectivity index (χ4n) is 2.24. The van der Waals surface area contributed by atoms with Gasteiger partial charge in [-0.1, -0.05) is 61.5 Å². The quantitative estimate of drug-likeness (QED) is 0.799. The van der Waals surface area contributed by atoms with E-state index in [0.29, 0.717) is 0 Å². The summed E-state index contributed by atoms with van der Waals surface area (Å²) < 4.78 is 0. The molecule has 0 heterocycles. The third kappa shape index (κ3) is 3.49. The Bertz CT molecular complexity index is 543. The highest BCUT2D eigenvalue weighted by atomic mass is 16.3. The van der Waals surface area contributed by atoms with Gasteiger partial charge in [-0.15, -0.1) is 0 Å². The Morgan fingerprint density at radius 2 is 1.60 bits per heavy atom. The molecule has 2 heteroatoms. The number of allylic oxidation sites excluding steroid dienone is 1. The summed E-state index contributed by atoms with van der Waals surface area (Å²) in [6.07, 6.45) is 4.43. The van der Waals surface area contributed by atoms with E-state index >= 15 is 0 Å². The second kappa shape index (κ2) is 6.92. The van der Waals surface area contributed by atoms with Crippen molar-refractivity contribution >= 4 is 0 Å². The molecule has 104 valence electrons. The molecule has 0 amide bonds. The molecule has 20 heavy (non-hydrogen) atoms. The van der Waals surface area contributed by atoms with Gasteiger partial charge in [0.15, 0.2) is 0 Å². The summed E-state index contributed by atoms with van der Waals surface area (Å²) in [6.45, 7) is 2.07. The summed E-state index contributed by atoms with van der Waals surface area (Å²) in [5, 5.41) is 20.0. The lowest BCUT2D eigenvalue weighted by Crippen LogP contribution is -2.08. The van der Waals surface area contributed by atoms with E-state index in [4.69, 9.17) is 0 Å². The van der Waals surface area contributed by atoms with E-state index in [9.17, 15) is 10.2 Å². The van der Waals surface area contributed by atoms with Crippen LogP contribution in [0.3, 0.4) is 0 Å². The van der Waals surface area contributed by atoms with Gasteiger partial charge in [0.2, 0.25) is 0 Å². The highest BCUT2D eigenvalue weighted by Gasteiger charge is 2.20. The van der Waals surface area contributed by atoms with Gasteiger partial charge >= 0.3 is 0 Å². The number of aliphatic hydroxyl groups excluding tert-OH is 1. The number of phenols is 1. The number of aliphatic hydroxyl groups is 1. The van der Waals surface area contributed by atoms with Crippen LogP contribution in [0.1, 0.15) is 36.5 Å². The number of hydrogen-bond acceptors (Lipinski definition) is 2. The van der Waals surface area contributed by atoms with Crippen molar-refractivity contribution < 1.29 is 10.2 Å². The second-order valence-electron chi connectivity index (χ2n) is 4.81. The van der Waals surface area contributed by atoms with Crippen molar-refractivity contribution in [3.8, 4) is 5.75 Å². The monoisotopic (exact) mass is 268 g/mol. The molecule has 2 aromatic carbocycles. The van der Waals surface area contributed by atoms with Crippen LogP contribution < -0.4 is 0 Å². The molecule has 0 fully saturated rings. The minimum Gasteiger partial charge on any atom is -0.508 e.